The number of anilines is 1. The van der Waals surface area contributed by atoms with Crippen LogP contribution in [0.15, 0.2) is 66.7 Å². The number of para-hydroxylation sites is 1. The van der Waals surface area contributed by atoms with Gasteiger partial charge in [0.15, 0.2) is 0 Å². The molecule has 0 aromatic heterocycles. The second kappa shape index (κ2) is 17.4. The molecule has 0 radical (unpaired) electrons. The van der Waals surface area contributed by atoms with Crippen molar-refractivity contribution >= 4 is 17.7 Å². The van der Waals surface area contributed by atoms with E-state index < -0.39 is 23.5 Å². The number of methoxy groups -OCH3 is 1. The fraction of sp³-hybridized carbons (Fsp3) is 0.214. The molecule has 0 aliphatic carbocycles. The van der Waals surface area contributed by atoms with Gasteiger partial charge in [-0.1, -0.05) is 48.5 Å². The Labute approximate surface area is 214 Å². The maximum atomic E-state index is 12.7. The molecule has 0 heterocycles. The Balaban J connectivity index is 0.000000559. The topological polar surface area (TPSA) is 62.2 Å². The Morgan fingerprint density at radius 1 is 1.03 bits per heavy atom. The summed E-state index contributed by atoms with van der Waals surface area (Å²) >= 11 is 0. The number of nitrogens with one attached hydrogen (secondary N) is 2. The molecule has 3 aromatic carbocycles. The molecule has 0 atom stereocenters. The van der Waals surface area contributed by atoms with E-state index in [0.717, 1.165) is 24.6 Å². The summed E-state index contributed by atoms with van der Waals surface area (Å²) in [4.78, 5) is 10.5. The lowest BCUT2D eigenvalue weighted by molar-refractivity contribution is -0.0599. The number of aryl methyl sites for hydroxylation is 1. The molecule has 0 fully saturated rings. The molecule has 0 spiro atoms. The van der Waals surface area contributed by atoms with Crippen LogP contribution in [-0.4, -0.2) is 25.3 Å². The van der Waals surface area contributed by atoms with E-state index in [0.29, 0.717) is 18.1 Å². The van der Waals surface area contributed by atoms with Gasteiger partial charge in [-0.3, -0.25) is 4.79 Å². The van der Waals surface area contributed by atoms with Crippen LogP contribution in [0.5, 0.6) is 0 Å². The van der Waals surface area contributed by atoms with E-state index in [9.17, 15) is 26.7 Å². The minimum absolute atomic E-state index is 0.173. The van der Waals surface area contributed by atoms with Crippen molar-refractivity contribution in [3.8, 4) is 12.8 Å². The van der Waals surface area contributed by atoms with Crippen LogP contribution in [0, 0.1) is 36.8 Å². The van der Waals surface area contributed by atoms with Crippen molar-refractivity contribution in [2.24, 2.45) is 0 Å². The van der Waals surface area contributed by atoms with Gasteiger partial charge in [-0.2, -0.15) is 13.2 Å². The van der Waals surface area contributed by atoms with Crippen LogP contribution in [0.1, 0.15) is 34.0 Å². The first-order chi connectivity index (χ1) is 17.5. The maximum absolute atomic E-state index is 12.7. The summed E-state index contributed by atoms with van der Waals surface area (Å²) in [5, 5.41) is 9.40. The summed E-state index contributed by atoms with van der Waals surface area (Å²) < 4.78 is 62.6. The SMILES string of the molecule is C#C.CC(=N)C(F)(F)F.COCc1ccc(F)cc1F.Cc1ccccc1NCc1ccc(C=O)cc1. The van der Waals surface area contributed by atoms with Crippen LogP contribution in [0.3, 0.4) is 0 Å². The Bertz CT molecular complexity index is 1130. The zero-order chi connectivity index (χ0) is 28.4. The van der Waals surface area contributed by atoms with Gasteiger partial charge >= 0.3 is 6.18 Å². The number of carbonyl (C=O) groups is 1. The first kappa shape index (κ1) is 33.0. The van der Waals surface area contributed by atoms with Gasteiger partial charge in [0.1, 0.15) is 23.6 Å². The van der Waals surface area contributed by atoms with Crippen LogP contribution in [0.2, 0.25) is 0 Å². The Kier molecular flexibility index (Phi) is 15.5. The highest BCUT2D eigenvalue weighted by Gasteiger charge is 2.29. The summed E-state index contributed by atoms with van der Waals surface area (Å²) in [6, 6.07) is 19.2. The Morgan fingerprint density at radius 3 is 2.05 bits per heavy atom. The standard InChI is InChI=1S/C15H15NO.C8H8F2O.C3H4F3N.C2H2/c1-12-4-2-3-5-15(12)16-10-13-6-8-14(11-17)9-7-13;1-11-5-6-2-3-7(9)4-8(6)10;1-2(7)3(4,5)6;1-2/h2-9,11,16H,10H2,1H3;2-4H,5H2,1H3;7H,1H3;1-2H. The first-order valence-corrected chi connectivity index (χ1v) is 10.7. The van der Waals surface area contributed by atoms with Crippen molar-refractivity contribution in [2.75, 3.05) is 12.4 Å². The molecule has 198 valence electrons. The maximum Gasteiger partial charge on any atom is 0.428 e. The minimum atomic E-state index is -4.42. The number of ether oxygens (including phenoxy) is 1. The predicted molar refractivity (Wildman–Crippen MR) is 137 cm³/mol. The molecule has 0 aliphatic heterocycles. The molecule has 0 saturated carbocycles. The summed E-state index contributed by atoms with van der Waals surface area (Å²) in [7, 11) is 1.46. The Morgan fingerprint density at radius 2 is 1.59 bits per heavy atom. The first-order valence-electron chi connectivity index (χ1n) is 10.7. The normalized spacial score (nSPS) is 9.78. The molecule has 9 heteroatoms. The predicted octanol–water partition coefficient (Wildman–Crippen LogP) is 7.37. The van der Waals surface area contributed by atoms with Crippen LogP contribution >= 0.6 is 0 Å². The highest BCUT2D eigenvalue weighted by molar-refractivity contribution is 5.84. The highest BCUT2D eigenvalue weighted by Crippen LogP contribution is 2.15. The van der Waals surface area contributed by atoms with E-state index in [1.54, 1.807) is 0 Å². The van der Waals surface area contributed by atoms with E-state index in [4.69, 9.17) is 5.41 Å². The average Bonchev–Trinajstić information content (AvgIpc) is 2.87. The van der Waals surface area contributed by atoms with Crippen molar-refractivity contribution in [1.82, 2.24) is 0 Å². The lowest BCUT2D eigenvalue weighted by atomic mass is 10.1. The van der Waals surface area contributed by atoms with Gasteiger partial charge in [0.25, 0.3) is 0 Å². The molecule has 0 saturated heterocycles. The summed E-state index contributed by atoms with van der Waals surface area (Å²) in [5.41, 5.74) is 3.37. The highest BCUT2D eigenvalue weighted by atomic mass is 19.4. The zero-order valence-corrected chi connectivity index (χ0v) is 20.7. The molecule has 0 aliphatic rings. The van der Waals surface area contributed by atoms with E-state index in [2.05, 4.69) is 42.0 Å². The van der Waals surface area contributed by atoms with Gasteiger partial charge in [-0.15, -0.1) is 12.8 Å². The smallest absolute Gasteiger partial charge is 0.381 e. The molecule has 3 rings (SSSR count). The second-order valence-electron chi connectivity index (χ2n) is 7.32. The van der Waals surface area contributed by atoms with E-state index >= 15 is 0 Å². The second-order valence-corrected chi connectivity index (χ2v) is 7.32. The van der Waals surface area contributed by atoms with Crippen LogP contribution in [-0.2, 0) is 17.9 Å². The lowest BCUT2D eigenvalue weighted by Gasteiger charge is -2.09. The van der Waals surface area contributed by atoms with Gasteiger partial charge in [-0.05, 0) is 37.1 Å². The average molecular weight is 521 g/mol. The van der Waals surface area contributed by atoms with Gasteiger partial charge in [-0.25, -0.2) is 8.78 Å². The van der Waals surface area contributed by atoms with Crippen molar-refractivity contribution in [3.63, 3.8) is 0 Å². The molecular formula is C28H29F5N2O2. The summed E-state index contributed by atoms with van der Waals surface area (Å²) in [6.45, 7) is 3.73. The van der Waals surface area contributed by atoms with Gasteiger partial charge in [0, 0.05) is 36.5 Å². The van der Waals surface area contributed by atoms with Crippen molar-refractivity contribution in [3.05, 3.63) is 101 Å². The van der Waals surface area contributed by atoms with Crippen LogP contribution in [0.4, 0.5) is 27.6 Å². The number of hydrogen-bond acceptors (Lipinski definition) is 4. The lowest BCUT2D eigenvalue weighted by Crippen LogP contribution is -2.17. The number of aldehydes is 1. The molecule has 0 amide bonds. The number of benzene rings is 3. The van der Waals surface area contributed by atoms with Crippen molar-refractivity contribution in [2.45, 2.75) is 33.2 Å². The third-order valence-electron chi connectivity index (χ3n) is 4.48. The van der Waals surface area contributed by atoms with Crippen molar-refractivity contribution < 1.29 is 31.5 Å². The third kappa shape index (κ3) is 13.6. The largest absolute Gasteiger partial charge is 0.428 e. The molecular weight excluding hydrogens is 491 g/mol. The molecule has 37 heavy (non-hydrogen) atoms. The van der Waals surface area contributed by atoms with E-state index in [-0.39, 0.29) is 6.61 Å². The number of hydrogen-bond donors (Lipinski definition) is 2. The summed E-state index contributed by atoms with van der Waals surface area (Å²) in [5.74, 6) is -1.13. The van der Waals surface area contributed by atoms with Gasteiger partial charge in [0.05, 0.1) is 6.61 Å². The van der Waals surface area contributed by atoms with Crippen LogP contribution < -0.4 is 5.32 Å². The van der Waals surface area contributed by atoms with Gasteiger partial charge < -0.3 is 15.5 Å². The molecule has 0 bridgehead atoms. The number of terminal acetylenes is 1. The number of halogens is 5. The minimum Gasteiger partial charge on any atom is -0.381 e. The Hall–Kier alpha value is -4.03. The van der Waals surface area contributed by atoms with Gasteiger partial charge in [0.2, 0.25) is 0 Å². The number of carbonyl (C=O) groups excluding carboxylic acids is 1. The molecule has 4 nitrogen and oxygen atoms in total. The number of rotatable bonds is 6. The van der Waals surface area contributed by atoms with Crippen LogP contribution in [0.25, 0.3) is 0 Å². The fourth-order valence-corrected chi connectivity index (χ4v) is 2.48. The van der Waals surface area contributed by atoms with Crippen molar-refractivity contribution in [1.29, 1.82) is 5.41 Å². The summed E-state index contributed by atoms with van der Waals surface area (Å²) in [6.07, 6.45) is 4.44. The van der Waals surface area contributed by atoms with E-state index in [1.807, 2.05) is 36.4 Å². The quantitative estimate of drug-likeness (QED) is 0.154. The zero-order valence-electron chi connectivity index (χ0n) is 20.7. The molecule has 2 N–H and O–H groups in total. The molecule has 0 unspecified atom stereocenters. The fourth-order valence-electron chi connectivity index (χ4n) is 2.48. The molecule has 3 aromatic rings. The number of alkyl halides is 3. The third-order valence-corrected chi connectivity index (χ3v) is 4.48. The van der Waals surface area contributed by atoms with E-state index in [1.165, 1.54) is 30.4 Å². The monoisotopic (exact) mass is 520 g/mol.